The van der Waals surface area contributed by atoms with Gasteiger partial charge in [-0.2, -0.15) is 0 Å². The normalized spacial score (nSPS) is 22.1. The number of hydrogen-bond acceptors (Lipinski definition) is 4. The zero-order chi connectivity index (χ0) is 26.6. The Labute approximate surface area is 218 Å². The summed E-state index contributed by atoms with van der Waals surface area (Å²) in [5, 5.41) is 2.64. The molecule has 196 valence electrons. The summed E-state index contributed by atoms with van der Waals surface area (Å²) in [5.41, 5.74) is 0.153. The van der Waals surface area contributed by atoms with Gasteiger partial charge >= 0.3 is 0 Å². The predicted molar refractivity (Wildman–Crippen MR) is 135 cm³/mol. The smallest absolute Gasteiger partial charge is 0.275 e. The molecule has 7 nitrogen and oxygen atoms in total. The number of hydrogen-bond donors (Lipinski definition) is 1. The van der Waals surface area contributed by atoms with Gasteiger partial charge in [-0.15, -0.1) is 0 Å². The van der Waals surface area contributed by atoms with Crippen LogP contribution >= 0.6 is 0 Å². The molecule has 9 heteroatoms. The van der Waals surface area contributed by atoms with Gasteiger partial charge in [-0.05, 0) is 43.7 Å². The number of aromatic nitrogens is 1. The highest BCUT2D eigenvalue weighted by atomic mass is 19.1. The van der Waals surface area contributed by atoms with Crippen molar-refractivity contribution in [2.75, 3.05) is 0 Å². The van der Waals surface area contributed by atoms with Crippen molar-refractivity contribution in [2.45, 2.75) is 57.5 Å². The Morgan fingerprint density at radius 1 is 1.13 bits per heavy atom. The SMILES string of the molecule is C[C@@H](NC(=O)c1cn2c(c(OCc3ccccc3)c1=O)C(=O)N1[C@H]3CCC(C3)[C@@H]1C2)c1ccc(F)cc1F. The zero-order valence-corrected chi connectivity index (χ0v) is 20.8. The number of fused-ring (bicyclic) bond motifs is 6. The van der Waals surface area contributed by atoms with E-state index in [0.29, 0.717) is 12.5 Å². The molecule has 3 heterocycles. The molecule has 3 aliphatic rings. The van der Waals surface area contributed by atoms with Gasteiger partial charge in [0.1, 0.15) is 23.8 Å². The molecule has 1 aliphatic carbocycles. The first-order valence-electron chi connectivity index (χ1n) is 12.8. The molecule has 1 N–H and O–H groups in total. The molecule has 0 radical (unpaired) electrons. The number of piperidine rings is 1. The highest BCUT2D eigenvalue weighted by Crippen LogP contribution is 2.46. The summed E-state index contributed by atoms with van der Waals surface area (Å²) < 4.78 is 35.3. The van der Waals surface area contributed by atoms with E-state index in [-0.39, 0.29) is 47.2 Å². The van der Waals surface area contributed by atoms with Gasteiger partial charge in [0.25, 0.3) is 11.8 Å². The summed E-state index contributed by atoms with van der Waals surface area (Å²) in [6.07, 6.45) is 4.37. The van der Waals surface area contributed by atoms with Gasteiger partial charge < -0.3 is 19.5 Å². The highest BCUT2D eigenvalue weighted by Gasteiger charge is 2.51. The molecule has 38 heavy (non-hydrogen) atoms. The van der Waals surface area contributed by atoms with Gasteiger partial charge in [0, 0.05) is 30.4 Å². The molecule has 1 unspecified atom stereocenters. The molecular formula is C29H27F2N3O4. The Morgan fingerprint density at radius 3 is 2.68 bits per heavy atom. The number of amides is 2. The average molecular weight is 520 g/mol. The minimum absolute atomic E-state index is 0.0152. The van der Waals surface area contributed by atoms with E-state index < -0.39 is 29.0 Å². The van der Waals surface area contributed by atoms with Crippen LogP contribution in [-0.4, -0.2) is 33.4 Å². The minimum Gasteiger partial charge on any atom is -0.483 e. The fourth-order valence-electron chi connectivity index (χ4n) is 6.20. The standard InChI is InChI=1S/C29H27F2N3O4/c1-16(21-10-8-19(30)12-23(21)31)32-28(36)22-13-33-14-24-18-7-9-20(11-18)34(24)29(37)25(33)27(26(22)35)38-15-17-5-3-2-4-6-17/h2-6,8,10,12-13,16,18,20,24H,7,9,11,14-15H2,1H3,(H,32,36)/t16-,18?,20+,24+/m1/s1. The van der Waals surface area contributed by atoms with Gasteiger partial charge in [0.05, 0.1) is 12.1 Å². The number of nitrogens with one attached hydrogen (secondary N) is 1. The Bertz CT molecular complexity index is 1490. The molecule has 2 amide bonds. The molecule has 2 fully saturated rings. The largest absolute Gasteiger partial charge is 0.483 e. The highest BCUT2D eigenvalue weighted by molar-refractivity contribution is 5.99. The Balaban J connectivity index is 1.37. The molecule has 1 saturated heterocycles. The average Bonchev–Trinajstić information content (AvgIpc) is 3.51. The van der Waals surface area contributed by atoms with Crippen LogP contribution in [0.25, 0.3) is 0 Å². The topological polar surface area (TPSA) is 80.6 Å². The Kier molecular flexibility index (Phi) is 6.01. The molecular weight excluding hydrogens is 492 g/mol. The van der Waals surface area contributed by atoms with Crippen LogP contribution in [0.4, 0.5) is 8.78 Å². The zero-order valence-electron chi connectivity index (χ0n) is 20.8. The van der Waals surface area contributed by atoms with Crippen molar-refractivity contribution in [3.63, 3.8) is 0 Å². The minimum atomic E-state index is -0.833. The first-order chi connectivity index (χ1) is 18.3. The summed E-state index contributed by atoms with van der Waals surface area (Å²) in [6.45, 7) is 2.06. The van der Waals surface area contributed by atoms with Crippen LogP contribution in [0.3, 0.4) is 0 Å². The van der Waals surface area contributed by atoms with E-state index in [4.69, 9.17) is 4.74 Å². The summed E-state index contributed by atoms with van der Waals surface area (Å²) in [6, 6.07) is 11.7. The van der Waals surface area contributed by atoms with Gasteiger partial charge in [-0.3, -0.25) is 14.4 Å². The van der Waals surface area contributed by atoms with E-state index in [2.05, 4.69) is 5.32 Å². The van der Waals surface area contributed by atoms with E-state index in [9.17, 15) is 23.2 Å². The van der Waals surface area contributed by atoms with Crippen LogP contribution < -0.4 is 15.5 Å². The first kappa shape index (κ1) is 24.3. The van der Waals surface area contributed by atoms with Crippen LogP contribution in [0, 0.1) is 17.6 Å². The molecule has 3 aromatic rings. The predicted octanol–water partition coefficient (Wildman–Crippen LogP) is 4.20. The molecule has 4 atom stereocenters. The van der Waals surface area contributed by atoms with Gasteiger partial charge in [0.2, 0.25) is 5.43 Å². The van der Waals surface area contributed by atoms with Crippen molar-refractivity contribution in [1.82, 2.24) is 14.8 Å². The van der Waals surface area contributed by atoms with Gasteiger partial charge in [-0.25, -0.2) is 8.78 Å². The summed E-state index contributed by atoms with van der Waals surface area (Å²) in [5.74, 6) is -2.26. The van der Waals surface area contributed by atoms with Crippen molar-refractivity contribution < 1.29 is 23.1 Å². The maximum atomic E-state index is 14.3. The molecule has 2 aliphatic heterocycles. The fourth-order valence-corrected chi connectivity index (χ4v) is 6.20. The lowest BCUT2D eigenvalue weighted by Crippen LogP contribution is -2.52. The van der Waals surface area contributed by atoms with E-state index in [1.54, 1.807) is 11.5 Å². The van der Waals surface area contributed by atoms with Gasteiger partial charge in [0.15, 0.2) is 11.4 Å². The maximum absolute atomic E-state index is 14.3. The van der Waals surface area contributed by atoms with Crippen molar-refractivity contribution in [2.24, 2.45) is 5.92 Å². The van der Waals surface area contributed by atoms with Crippen LogP contribution in [-0.2, 0) is 13.2 Å². The van der Waals surface area contributed by atoms with Gasteiger partial charge in [-0.1, -0.05) is 36.4 Å². The molecule has 6 rings (SSSR count). The van der Waals surface area contributed by atoms with Crippen molar-refractivity contribution in [3.05, 3.63) is 99.0 Å². The maximum Gasteiger partial charge on any atom is 0.275 e. The van der Waals surface area contributed by atoms with Crippen LogP contribution in [0.15, 0.2) is 59.5 Å². The number of nitrogens with zero attached hydrogens (tertiary/aromatic N) is 2. The lowest BCUT2D eigenvalue weighted by atomic mass is 9.95. The van der Waals surface area contributed by atoms with E-state index >= 15 is 0 Å². The number of rotatable bonds is 6. The number of carbonyl (C=O) groups is 2. The lowest BCUT2D eigenvalue weighted by molar-refractivity contribution is 0.0479. The molecule has 0 spiro atoms. The molecule has 2 aromatic carbocycles. The number of ether oxygens (including phenoxy) is 1. The Morgan fingerprint density at radius 2 is 1.92 bits per heavy atom. The number of benzene rings is 2. The third kappa shape index (κ3) is 4.06. The van der Waals surface area contributed by atoms with Crippen molar-refractivity contribution in [1.29, 1.82) is 0 Å². The third-order valence-electron chi connectivity index (χ3n) is 8.05. The monoisotopic (exact) mass is 519 g/mol. The number of carbonyl (C=O) groups excluding carboxylic acids is 2. The molecule has 2 bridgehead atoms. The fraction of sp³-hybridized carbons (Fsp3) is 0.345. The third-order valence-corrected chi connectivity index (χ3v) is 8.05. The molecule has 1 aromatic heterocycles. The first-order valence-corrected chi connectivity index (χ1v) is 12.8. The van der Waals surface area contributed by atoms with Crippen molar-refractivity contribution in [3.8, 4) is 5.75 Å². The van der Waals surface area contributed by atoms with E-state index in [1.807, 2.05) is 35.2 Å². The second-order valence-electron chi connectivity index (χ2n) is 10.3. The second-order valence-corrected chi connectivity index (χ2v) is 10.3. The van der Waals surface area contributed by atoms with E-state index in [1.165, 1.54) is 12.3 Å². The van der Waals surface area contributed by atoms with E-state index in [0.717, 1.165) is 37.0 Å². The van der Waals surface area contributed by atoms with Crippen LogP contribution in [0.2, 0.25) is 0 Å². The summed E-state index contributed by atoms with van der Waals surface area (Å²) in [4.78, 5) is 42.5. The van der Waals surface area contributed by atoms with Crippen LogP contribution in [0.5, 0.6) is 5.75 Å². The van der Waals surface area contributed by atoms with Crippen LogP contribution in [0.1, 0.15) is 64.2 Å². The lowest BCUT2D eigenvalue weighted by Gasteiger charge is -2.40. The quantitative estimate of drug-likeness (QED) is 0.529. The second kappa shape index (κ2) is 9.38. The number of halogens is 2. The summed E-state index contributed by atoms with van der Waals surface area (Å²) >= 11 is 0. The molecule has 1 saturated carbocycles. The Hall–Kier alpha value is -4.01. The number of pyridine rings is 1. The van der Waals surface area contributed by atoms with Crippen molar-refractivity contribution >= 4 is 11.8 Å². The summed E-state index contributed by atoms with van der Waals surface area (Å²) in [7, 11) is 0.